The summed E-state index contributed by atoms with van der Waals surface area (Å²) >= 11 is 1.60. The van der Waals surface area contributed by atoms with E-state index in [0.717, 1.165) is 44.4 Å². The van der Waals surface area contributed by atoms with Gasteiger partial charge < -0.3 is 10.1 Å². The van der Waals surface area contributed by atoms with Gasteiger partial charge in [0.05, 0.1) is 18.5 Å². The van der Waals surface area contributed by atoms with Crippen LogP contribution in [-0.2, 0) is 0 Å². The molecule has 7 nitrogen and oxygen atoms in total. The molecule has 0 fully saturated rings. The molecule has 0 saturated heterocycles. The van der Waals surface area contributed by atoms with Gasteiger partial charge in [0.15, 0.2) is 11.5 Å². The van der Waals surface area contributed by atoms with Gasteiger partial charge >= 0.3 is 0 Å². The summed E-state index contributed by atoms with van der Waals surface area (Å²) in [7, 11) is 1.67. The van der Waals surface area contributed by atoms with Gasteiger partial charge in [-0.25, -0.2) is 9.97 Å². The highest BCUT2D eigenvalue weighted by molar-refractivity contribution is 7.17. The Morgan fingerprint density at radius 2 is 1.93 bits per heavy atom. The SMILES string of the molecule is COc1ccc(-c2csc3ncnc(NC(C)c4nnc5ccccn45)c23)cc1. The van der Waals surface area contributed by atoms with Crippen molar-refractivity contribution in [3.05, 3.63) is 66.2 Å². The lowest BCUT2D eigenvalue weighted by Gasteiger charge is -2.14. The summed E-state index contributed by atoms with van der Waals surface area (Å²) in [4.78, 5) is 9.92. The van der Waals surface area contributed by atoms with Gasteiger partial charge in [0.1, 0.15) is 22.7 Å². The predicted octanol–water partition coefficient (Wildman–Crippen LogP) is 4.58. The average molecular weight is 402 g/mol. The van der Waals surface area contributed by atoms with E-state index in [9.17, 15) is 0 Å². The molecule has 0 aliphatic carbocycles. The molecule has 0 bridgehead atoms. The zero-order chi connectivity index (χ0) is 19.8. The van der Waals surface area contributed by atoms with Crippen LogP contribution in [0, 0.1) is 0 Å². The van der Waals surface area contributed by atoms with Crippen LogP contribution >= 0.6 is 11.3 Å². The van der Waals surface area contributed by atoms with Crippen molar-refractivity contribution in [2.45, 2.75) is 13.0 Å². The summed E-state index contributed by atoms with van der Waals surface area (Å²) in [6, 6.07) is 13.8. The number of rotatable bonds is 5. The Kier molecular flexibility index (Phi) is 4.33. The van der Waals surface area contributed by atoms with Crippen molar-refractivity contribution in [1.82, 2.24) is 24.6 Å². The van der Waals surface area contributed by atoms with Gasteiger partial charge in [-0.1, -0.05) is 18.2 Å². The van der Waals surface area contributed by atoms with Crippen molar-refractivity contribution >= 4 is 33.0 Å². The number of ether oxygens (including phenoxy) is 1. The number of thiophene rings is 1. The van der Waals surface area contributed by atoms with Crippen LogP contribution in [0.1, 0.15) is 18.8 Å². The number of nitrogens with zero attached hydrogens (tertiary/aromatic N) is 5. The van der Waals surface area contributed by atoms with Crippen molar-refractivity contribution < 1.29 is 4.74 Å². The van der Waals surface area contributed by atoms with Crippen LogP contribution in [-0.4, -0.2) is 31.7 Å². The Hall–Kier alpha value is -3.52. The molecule has 29 heavy (non-hydrogen) atoms. The highest BCUT2D eigenvalue weighted by Gasteiger charge is 2.18. The first-order chi connectivity index (χ1) is 14.2. The summed E-state index contributed by atoms with van der Waals surface area (Å²) in [5.74, 6) is 2.44. The van der Waals surface area contributed by atoms with Crippen molar-refractivity contribution in [2.24, 2.45) is 0 Å². The monoisotopic (exact) mass is 402 g/mol. The number of nitrogens with one attached hydrogen (secondary N) is 1. The second kappa shape index (κ2) is 7.14. The fraction of sp³-hybridized carbons (Fsp3) is 0.143. The lowest BCUT2D eigenvalue weighted by atomic mass is 10.1. The Morgan fingerprint density at radius 1 is 1.07 bits per heavy atom. The molecule has 144 valence electrons. The van der Waals surface area contributed by atoms with E-state index in [1.165, 1.54) is 0 Å². The maximum absolute atomic E-state index is 5.28. The van der Waals surface area contributed by atoms with Crippen molar-refractivity contribution in [3.8, 4) is 16.9 Å². The van der Waals surface area contributed by atoms with Gasteiger partial charge in [-0.3, -0.25) is 4.40 Å². The summed E-state index contributed by atoms with van der Waals surface area (Å²) in [5, 5.41) is 15.2. The lowest BCUT2D eigenvalue weighted by molar-refractivity contribution is 0.415. The minimum absolute atomic E-state index is 0.0888. The molecule has 1 aromatic carbocycles. The van der Waals surface area contributed by atoms with Gasteiger partial charge in [-0.05, 0) is 36.8 Å². The van der Waals surface area contributed by atoms with Gasteiger partial charge in [0.25, 0.3) is 0 Å². The van der Waals surface area contributed by atoms with Crippen LogP contribution < -0.4 is 10.1 Å². The largest absolute Gasteiger partial charge is 0.497 e. The van der Waals surface area contributed by atoms with Crippen LogP contribution in [0.5, 0.6) is 5.75 Å². The van der Waals surface area contributed by atoms with E-state index in [1.807, 2.05) is 53.1 Å². The molecule has 4 heterocycles. The third-order valence-electron chi connectivity index (χ3n) is 4.85. The maximum Gasteiger partial charge on any atom is 0.160 e. The molecule has 1 N–H and O–H groups in total. The van der Waals surface area contributed by atoms with E-state index in [-0.39, 0.29) is 6.04 Å². The Bertz CT molecular complexity index is 1290. The molecule has 5 aromatic rings. The number of methoxy groups -OCH3 is 1. The summed E-state index contributed by atoms with van der Waals surface area (Å²) < 4.78 is 7.26. The van der Waals surface area contributed by atoms with Crippen LogP contribution in [0.25, 0.3) is 27.0 Å². The molecule has 0 amide bonds. The smallest absolute Gasteiger partial charge is 0.160 e. The molecule has 1 unspecified atom stereocenters. The van der Waals surface area contributed by atoms with Crippen molar-refractivity contribution in [2.75, 3.05) is 12.4 Å². The molecule has 0 spiro atoms. The van der Waals surface area contributed by atoms with E-state index >= 15 is 0 Å². The third-order valence-corrected chi connectivity index (χ3v) is 5.74. The zero-order valence-corrected chi connectivity index (χ0v) is 16.7. The van der Waals surface area contributed by atoms with Crippen LogP contribution in [0.2, 0.25) is 0 Å². The molecular weight excluding hydrogens is 384 g/mol. The number of fused-ring (bicyclic) bond motifs is 2. The highest BCUT2D eigenvalue weighted by Crippen LogP contribution is 2.37. The van der Waals surface area contributed by atoms with Crippen LogP contribution in [0.15, 0.2) is 60.4 Å². The standard InChI is InChI=1S/C21H18N6OS/c1-13(20-26-25-17-5-3-4-10-27(17)20)24-19-18-16(11-29-21(18)23-12-22-19)14-6-8-15(28-2)9-7-14/h3-13H,1-2H3,(H,22,23,24). The average Bonchev–Trinajstić information content (AvgIpc) is 3.39. The molecule has 5 rings (SSSR count). The predicted molar refractivity (Wildman–Crippen MR) is 114 cm³/mol. The molecule has 0 aliphatic rings. The van der Waals surface area contributed by atoms with Gasteiger partial charge in [0, 0.05) is 17.1 Å². The normalized spacial score (nSPS) is 12.3. The number of hydrogen-bond donors (Lipinski definition) is 1. The minimum Gasteiger partial charge on any atom is -0.497 e. The van der Waals surface area contributed by atoms with E-state index in [0.29, 0.717) is 0 Å². The van der Waals surface area contributed by atoms with E-state index in [1.54, 1.807) is 24.8 Å². The number of benzene rings is 1. The number of hydrogen-bond acceptors (Lipinski definition) is 7. The molecule has 0 aliphatic heterocycles. The minimum atomic E-state index is -0.0888. The van der Waals surface area contributed by atoms with E-state index in [4.69, 9.17) is 4.74 Å². The van der Waals surface area contributed by atoms with Crippen LogP contribution in [0.3, 0.4) is 0 Å². The molecule has 0 radical (unpaired) electrons. The lowest BCUT2D eigenvalue weighted by Crippen LogP contribution is -2.12. The van der Waals surface area contributed by atoms with E-state index in [2.05, 4.69) is 37.8 Å². The summed E-state index contributed by atoms with van der Waals surface area (Å²) in [5.41, 5.74) is 3.00. The molecular formula is C21H18N6OS. The fourth-order valence-corrected chi connectivity index (χ4v) is 4.31. The first-order valence-electron chi connectivity index (χ1n) is 9.17. The van der Waals surface area contributed by atoms with Crippen molar-refractivity contribution in [3.63, 3.8) is 0 Å². The Balaban J connectivity index is 1.55. The number of anilines is 1. The number of pyridine rings is 1. The number of aromatic nitrogens is 5. The molecule has 8 heteroatoms. The topological polar surface area (TPSA) is 77.2 Å². The third kappa shape index (κ3) is 3.07. The maximum atomic E-state index is 5.28. The highest BCUT2D eigenvalue weighted by atomic mass is 32.1. The summed E-state index contributed by atoms with van der Waals surface area (Å²) in [6.45, 7) is 2.05. The van der Waals surface area contributed by atoms with Gasteiger partial charge in [0.2, 0.25) is 0 Å². The molecule has 0 saturated carbocycles. The first kappa shape index (κ1) is 17.6. The Labute approximate surface area is 171 Å². The molecule has 4 aromatic heterocycles. The summed E-state index contributed by atoms with van der Waals surface area (Å²) in [6.07, 6.45) is 3.55. The molecule has 1 atom stereocenters. The fourth-order valence-electron chi connectivity index (χ4n) is 3.39. The quantitative estimate of drug-likeness (QED) is 0.464. The van der Waals surface area contributed by atoms with E-state index < -0.39 is 0 Å². The van der Waals surface area contributed by atoms with Crippen molar-refractivity contribution in [1.29, 1.82) is 0 Å². The second-order valence-corrected chi connectivity index (χ2v) is 7.49. The first-order valence-corrected chi connectivity index (χ1v) is 10.1. The van der Waals surface area contributed by atoms with Crippen LogP contribution in [0.4, 0.5) is 5.82 Å². The Morgan fingerprint density at radius 3 is 2.76 bits per heavy atom. The van der Waals surface area contributed by atoms with Gasteiger partial charge in [-0.2, -0.15) is 0 Å². The second-order valence-electron chi connectivity index (χ2n) is 6.63. The van der Waals surface area contributed by atoms with Gasteiger partial charge in [-0.15, -0.1) is 21.5 Å². The zero-order valence-electron chi connectivity index (χ0n) is 15.9.